The van der Waals surface area contributed by atoms with Gasteiger partial charge in [0.25, 0.3) is 11.8 Å². The van der Waals surface area contributed by atoms with E-state index in [9.17, 15) is 24.0 Å². The molecule has 37 heavy (non-hydrogen) atoms. The number of hydrogen-bond donors (Lipinski definition) is 2. The number of nitrogens with one attached hydrogen (secondary N) is 2. The van der Waals surface area contributed by atoms with E-state index in [1.807, 2.05) is 45.0 Å². The van der Waals surface area contributed by atoms with E-state index in [1.54, 1.807) is 25.2 Å². The van der Waals surface area contributed by atoms with Gasteiger partial charge in [0.15, 0.2) is 0 Å². The third kappa shape index (κ3) is 5.63. The van der Waals surface area contributed by atoms with Crippen molar-refractivity contribution in [3.63, 3.8) is 0 Å². The van der Waals surface area contributed by atoms with Crippen molar-refractivity contribution >= 4 is 35.4 Å². The minimum Gasteiger partial charge on any atom is -0.444 e. The summed E-state index contributed by atoms with van der Waals surface area (Å²) in [5.74, 6) is -2.16. The molecule has 1 unspecified atom stereocenters. The summed E-state index contributed by atoms with van der Waals surface area (Å²) >= 11 is 0. The summed E-state index contributed by atoms with van der Waals surface area (Å²) in [5, 5.41) is 5.42. The lowest BCUT2D eigenvalue weighted by Gasteiger charge is -2.27. The molecule has 2 N–H and O–H groups in total. The van der Waals surface area contributed by atoms with Crippen LogP contribution in [0.5, 0.6) is 0 Å². The van der Waals surface area contributed by atoms with E-state index in [0.29, 0.717) is 18.8 Å². The van der Waals surface area contributed by atoms with Crippen LogP contribution in [0.1, 0.15) is 65.5 Å². The van der Waals surface area contributed by atoms with Crippen molar-refractivity contribution in [1.82, 2.24) is 15.1 Å². The molecule has 0 radical (unpaired) electrons. The van der Waals surface area contributed by atoms with E-state index < -0.39 is 41.4 Å². The van der Waals surface area contributed by atoms with E-state index in [4.69, 9.17) is 4.74 Å². The Hall–Kier alpha value is -4.21. The highest BCUT2D eigenvalue weighted by Crippen LogP contribution is 2.32. The van der Waals surface area contributed by atoms with Crippen LogP contribution in [0.25, 0.3) is 0 Å². The van der Waals surface area contributed by atoms with Gasteiger partial charge in [0.05, 0.1) is 11.1 Å². The zero-order valence-corrected chi connectivity index (χ0v) is 21.3. The number of ether oxygens (including phenoxy) is 1. The van der Waals surface area contributed by atoms with Gasteiger partial charge in [-0.25, -0.2) is 4.79 Å². The molecule has 2 aliphatic heterocycles. The molecular formula is C27H30N4O6. The van der Waals surface area contributed by atoms with Crippen molar-refractivity contribution < 1.29 is 28.7 Å². The summed E-state index contributed by atoms with van der Waals surface area (Å²) < 4.78 is 5.38. The highest BCUT2D eigenvalue weighted by molar-refractivity contribution is 6.25. The van der Waals surface area contributed by atoms with Crippen molar-refractivity contribution in [2.24, 2.45) is 0 Å². The van der Waals surface area contributed by atoms with Crippen molar-refractivity contribution in [3.05, 3.63) is 64.7 Å². The second kappa shape index (κ2) is 10.0. The quantitative estimate of drug-likeness (QED) is 0.577. The minimum absolute atomic E-state index is 0.0679. The number of benzene rings is 2. The molecule has 0 saturated carbocycles. The van der Waals surface area contributed by atoms with Crippen LogP contribution in [0.3, 0.4) is 0 Å². The fourth-order valence-electron chi connectivity index (χ4n) is 4.30. The summed E-state index contributed by atoms with van der Waals surface area (Å²) in [6.45, 7) is 6.23. The number of imide groups is 2. The molecule has 194 valence electrons. The first-order valence-electron chi connectivity index (χ1n) is 12.0. The fourth-order valence-corrected chi connectivity index (χ4v) is 4.30. The van der Waals surface area contributed by atoms with Crippen LogP contribution in [-0.4, -0.2) is 58.2 Å². The summed E-state index contributed by atoms with van der Waals surface area (Å²) in [4.78, 5) is 64.6. The van der Waals surface area contributed by atoms with Crippen LogP contribution in [0.2, 0.25) is 0 Å². The Morgan fingerprint density at radius 3 is 2.38 bits per heavy atom. The molecule has 1 atom stereocenters. The third-order valence-corrected chi connectivity index (χ3v) is 6.10. The lowest BCUT2D eigenvalue weighted by atomic mass is 10.0. The van der Waals surface area contributed by atoms with Gasteiger partial charge in [0.2, 0.25) is 11.8 Å². The lowest BCUT2D eigenvalue weighted by molar-refractivity contribution is -0.136. The maximum absolute atomic E-state index is 13.2. The molecule has 2 aromatic rings. The molecule has 5 amide bonds. The van der Waals surface area contributed by atoms with Crippen molar-refractivity contribution in [3.8, 4) is 0 Å². The Morgan fingerprint density at radius 1 is 1.05 bits per heavy atom. The topological polar surface area (TPSA) is 125 Å². The number of rotatable bonds is 6. The monoisotopic (exact) mass is 506 g/mol. The van der Waals surface area contributed by atoms with Gasteiger partial charge < -0.3 is 15.0 Å². The van der Waals surface area contributed by atoms with Crippen molar-refractivity contribution in [2.75, 3.05) is 12.4 Å². The summed E-state index contributed by atoms with van der Waals surface area (Å²) in [5.41, 5.74) is 2.22. The van der Waals surface area contributed by atoms with E-state index in [2.05, 4.69) is 10.6 Å². The Bertz CT molecular complexity index is 1260. The number of anilines is 1. The van der Waals surface area contributed by atoms with E-state index in [0.717, 1.165) is 16.0 Å². The first-order valence-corrected chi connectivity index (χ1v) is 12.0. The number of amides is 5. The largest absolute Gasteiger partial charge is 0.444 e. The van der Waals surface area contributed by atoms with E-state index >= 15 is 0 Å². The summed E-state index contributed by atoms with van der Waals surface area (Å²) in [6, 6.07) is 11.6. The zero-order chi connectivity index (χ0) is 26.9. The number of fused-ring (bicyclic) bond motifs is 1. The predicted molar refractivity (Wildman–Crippen MR) is 135 cm³/mol. The maximum atomic E-state index is 13.2. The normalized spacial score (nSPS) is 17.4. The van der Waals surface area contributed by atoms with Gasteiger partial charge in [-0.05, 0) is 50.5 Å². The Kier molecular flexibility index (Phi) is 7.02. The molecule has 1 fully saturated rings. The van der Waals surface area contributed by atoms with Crippen molar-refractivity contribution in [1.29, 1.82) is 0 Å². The second-order valence-corrected chi connectivity index (χ2v) is 10.2. The molecule has 2 aliphatic rings. The number of piperidine rings is 1. The molecule has 0 aromatic heterocycles. The molecule has 10 nitrogen and oxygen atoms in total. The molecule has 0 bridgehead atoms. The second-order valence-electron chi connectivity index (χ2n) is 10.2. The first kappa shape index (κ1) is 25.9. The number of carbonyl (C=O) groups excluding carboxylic acids is 5. The van der Waals surface area contributed by atoms with Gasteiger partial charge in [-0.3, -0.25) is 29.4 Å². The van der Waals surface area contributed by atoms with E-state index in [-0.39, 0.29) is 24.0 Å². The maximum Gasteiger partial charge on any atom is 0.410 e. The minimum atomic E-state index is -1.01. The Balaban J connectivity index is 1.42. The van der Waals surface area contributed by atoms with Crippen LogP contribution in [-0.2, 0) is 27.4 Å². The molecule has 1 saturated heterocycles. The number of nitrogens with zero attached hydrogens (tertiary/aromatic N) is 2. The van der Waals surface area contributed by atoms with Crippen LogP contribution in [0.15, 0.2) is 42.5 Å². The third-order valence-electron chi connectivity index (χ3n) is 6.10. The molecule has 0 spiro atoms. The molecule has 0 aliphatic carbocycles. The lowest BCUT2D eigenvalue weighted by Crippen LogP contribution is -2.54. The highest BCUT2D eigenvalue weighted by Gasteiger charge is 2.45. The fraction of sp³-hybridized carbons (Fsp3) is 0.370. The van der Waals surface area contributed by atoms with Crippen LogP contribution < -0.4 is 10.6 Å². The Labute approximate surface area is 214 Å². The Morgan fingerprint density at radius 2 is 1.73 bits per heavy atom. The predicted octanol–water partition coefficient (Wildman–Crippen LogP) is 3.07. The molecule has 4 rings (SSSR count). The van der Waals surface area contributed by atoms with Crippen LogP contribution in [0.4, 0.5) is 10.5 Å². The molecule has 2 aromatic carbocycles. The van der Waals surface area contributed by atoms with Gasteiger partial charge in [0, 0.05) is 32.2 Å². The number of hydrogen-bond acceptors (Lipinski definition) is 7. The van der Waals surface area contributed by atoms with Crippen LogP contribution in [0, 0.1) is 0 Å². The summed E-state index contributed by atoms with van der Waals surface area (Å²) in [7, 11) is 1.68. The van der Waals surface area contributed by atoms with Gasteiger partial charge in [-0.15, -0.1) is 0 Å². The molecule has 2 heterocycles. The summed E-state index contributed by atoms with van der Waals surface area (Å²) in [6.07, 6.45) is -0.228. The molecule has 10 heteroatoms. The standard InChI is InChI=1S/C27H30N4O6/c1-27(2,3)37-26(36)30(4)15-17-10-8-16(9-11-17)14-28-19-7-5-6-18-22(19)25(35)31(24(18)34)20-12-13-21(32)29-23(20)33/h5-11,20,28H,12-15H2,1-4H3,(H,29,32,33). The van der Waals surface area contributed by atoms with Crippen molar-refractivity contribution in [2.45, 2.75) is 58.3 Å². The smallest absolute Gasteiger partial charge is 0.410 e. The van der Waals surface area contributed by atoms with Gasteiger partial charge in [-0.2, -0.15) is 0 Å². The highest BCUT2D eigenvalue weighted by atomic mass is 16.6. The average Bonchev–Trinajstić information content (AvgIpc) is 3.08. The molecular weight excluding hydrogens is 476 g/mol. The van der Waals surface area contributed by atoms with Gasteiger partial charge >= 0.3 is 6.09 Å². The zero-order valence-electron chi connectivity index (χ0n) is 21.3. The number of carbonyl (C=O) groups is 5. The average molecular weight is 507 g/mol. The van der Waals surface area contributed by atoms with Crippen LogP contribution >= 0.6 is 0 Å². The SMILES string of the molecule is CN(Cc1ccc(CNc2cccc3c2C(=O)N(C2CCC(=O)NC2=O)C3=O)cc1)C(=O)OC(C)(C)C. The first-order chi connectivity index (χ1) is 17.4. The van der Waals surface area contributed by atoms with Gasteiger partial charge in [0.1, 0.15) is 11.6 Å². The van der Waals surface area contributed by atoms with E-state index in [1.165, 1.54) is 4.90 Å². The van der Waals surface area contributed by atoms with Gasteiger partial charge in [-0.1, -0.05) is 30.3 Å².